The second kappa shape index (κ2) is 10.7. The van der Waals surface area contributed by atoms with Crippen molar-refractivity contribution in [1.82, 2.24) is 24.7 Å². The molecule has 0 aliphatic carbocycles. The summed E-state index contributed by atoms with van der Waals surface area (Å²) >= 11 is 6.17. The van der Waals surface area contributed by atoms with Crippen LogP contribution in [0.15, 0.2) is 30.3 Å². The van der Waals surface area contributed by atoms with Gasteiger partial charge in [-0.05, 0) is 48.4 Å². The van der Waals surface area contributed by atoms with Crippen molar-refractivity contribution in [2.75, 3.05) is 38.0 Å². The molecule has 2 N–H and O–H groups in total. The van der Waals surface area contributed by atoms with Gasteiger partial charge in [-0.3, -0.25) is 14.5 Å². The fourth-order valence-corrected chi connectivity index (χ4v) is 5.82. The van der Waals surface area contributed by atoms with Gasteiger partial charge in [-0.2, -0.15) is 0 Å². The van der Waals surface area contributed by atoms with E-state index in [1.165, 1.54) is 11.1 Å². The van der Waals surface area contributed by atoms with Crippen molar-refractivity contribution in [3.63, 3.8) is 0 Å². The molecule has 9 nitrogen and oxygen atoms in total. The highest BCUT2D eigenvalue weighted by molar-refractivity contribution is 6.28. The number of fused-ring (bicyclic) bond motifs is 1. The third kappa shape index (κ3) is 5.48. The molecule has 0 bridgehead atoms. The minimum atomic E-state index is -0.630. The van der Waals surface area contributed by atoms with E-state index in [1.807, 2.05) is 4.90 Å². The number of amides is 2. The number of carbonyl (C=O) groups is 2. The molecule has 2 fully saturated rings. The first kappa shape index (κ1) is 24.9. The Hall–Kier alpha value is -2.75. The molecule has 2 aromatic rings. The predicted molar refractivity (Wildman–Crippen MR) is 137 cm³/mol. The van der Waals surface area contributed by atoms with Crippen LogP contribution in [0.2, 0.25) is 5.28 Å². The lowest BCUT2D eigenvalue weighted by molar-refractivity contribution is -0.129. The number of carbonyl (C=O) groups excluding carboxylic acids is 2. The molecule has 1 aromatic carbocycles. The fraction of sp³-hybridized carbons (Fsp3) is 0.538. The van der Waals surface area contributed by atoms with Gasteiger partial charge in [-0.15, -0.1) is 0 Å². The smallest absolute Gasteiger partial charge is 0.272 e. The number of nitrogens with zero attached hydrogens (tertiary/aromatic N) is 5. The number of aliphatic hydroxyl groups excluding tert-OH is 1. The number of nitrogens with one attached hydrogen (secondary N) is 1. The highest BCUT2D eigenvalue weighted by Gasteiger charge is 2.36. The molecular weight excluding hydrogens is 480 g/mol. The molecule has 1 unspecified atom stereocenters. The summed E-state index contributed by atoms with van der Waals surface area (Å²) in [7, 11) is 0. The molecule has 192 valence electrons. The molecule has 0 saturated carbocycles. The molecule has 0 radical (unpaired) electrons. The molecule has 2 amide bonds. The standard InChI is InChI=1S/C26H33ClN6O3/c1-17(34)31-11-7-20(8-12-31)28-24-14-21(29-26(27)30-24)25(36)33-13-9-22(23(35)16-33)32-10-6-18-4-2-3-5-19(18)15-32/h2-5,14,20,22-23,35H,6-13,15-16H2,1H3,(H,28,29,30)/t22?,23-/m0/s1. The lowest BCUT2D eigenvalue weighted by Gasteiger charge is -2.43. The normalized spacial score (nSPS) is 23.3. The van der Waals surface area contributed by atoms with E-state index >= 15 is 0 Å². The second-order valence-corrected chi connectivity index (χ2v) is 10.3. The molecule has 2 atom stereocenters. The minimum Gasteiger partial charge on any atom is -0.390 e. The Labute approximate surface area is 216 Å². The first-order valence-electron chi connectivity index (χ1n) is 12.7. The first-order chi connectivity index (χ1) is 17.4. The van der Waals surface area contributed by atoms with Gasteiger partial charge >= 0.3 is 0 Å². The van der Waals surface area contributed by atoms with E-state index in [2.05, 4.69) is 44.5 Å². The van der Waals surface area contributed by atoms with Crippen molar-refractivity contribution >= 4 is 29.2 Å². The Kier molecular flexibility index (Phi) is 7.41. The van der Waals surface area contributed by atoms with Crippen molar-refractivity contribution in [3.8, 4) is 0 Å². The summed E-state index contributed by atoms with van der Waals surface area (Å²) in [4.78, 5) is 39.1. The highest BCUT2D eigenvalue weighted by atomic mass is 35.5. The fourth-order valence-electron chi connectivity index (χ4n) is 5.64. The van der Waals surface area contributed by atoms with E-state index in [-0.39, 0.29) is 41.4 Å². The Morgan fingerprint density at radius 3 is 2.47 bits per heavy atom. The number of benzene rings is 1. The Morgan fingerprint density at radius 2 is 1.75 bits per heavy atom. The number of β-amino-alcohol motifs (C(OH)–C–C–N with tert-alkyl or cyclic N) is 1. The van der Waals surface area contributed by atoms with Gasteiger partial charge in [0.1, 0.15) is 11.5 Å². The van der Waals surface area contributed by atoms with Crippen molar-refractivity contribution in [2.24, 2.45) is 0 Å². The zero-order chi connectivity index (χ0) is 25.2. The summed E-state index contributed by atoms with van der Waals surface area (Å²) in [5.74, 6) is 0.333. The van der Waals surface area contributed by atoms with Crippen LogP contribution in [0.5, 0.6) is 0 Å². The molecule has 10 heteroatoms. The number of rotatable bonds is 4. The van der Waals surface area contributed by atoms with Crippen LogP contribution in [0.4, 0.5) is 5.82 Å². The summed E-state index contributed by atoms with van der Waals surface area (Å²) in [6, 6.07) is 10.3. The summed E-state index contributed by atoms with van der Waals surface area (Å²) in [6.07, 6.45) is 2.64. The van der Waals surface area contributed by atoms with Gasteiger partial charge in [0.15, 0.2) is 0 Å². The van der Waals surface area contributed by atoms with E-state index in [0.717, 1.165) is 32.4 Å². The van der Waals surface area contributed by atoms with Gasteiger partial charge in [-0.25, -0.2) is 9.97 Å². The van der Waals surface area contributed by atoms with Gasteiger partial charge < -0.3 is 20.2 Å². The topological polar surface area (TPSA) is 102 Å². The molecule has 5 rings (SSSR count). The molecule has 4 heterocycles. The van der Waals surface area contributed by atoms with E-state index in [1.54, 1.807) is 17.9 Å². The number of piperidine rings is 2. The number of aliphatic hydroxyl groups is 1. The number of likely N-dealkylation sites (tertiary alicyclic amines) is 2. The van der Waals surface area contributed by atoms with Crippen LogP contribution in [0, 0.1) is 0 Å². The molecule has 0 spiro atoms. The van der Waals surface area contributed by atoms with Crippen LogP contribution < -0.4 is 5.32 Å². The zero-order valence-corrected chi connectivity index (χ0v) is 21.3. The summed E-state index contributed by atoms with van der Waals surface area (Å²) in [6.45, 7) is 5.51. The lowest BCUT2D eigenvalue weighted by atomic mass is 9.94. The monoisotopic (exact) mass is 512 g/mol. The van der Waals surface area contributed by atoms with Gasteiger partial charge in [0.25, 0.3) is 5.91 Å². The first-order valence-corrected chi connectivity index (χ1v) is 13.1. The molecule has 3 aliphatic heterocycles. The van der Waals surface area contributed by atoms with Crippen molar-refractivity contribution in [3.05, 3.63) is 52.4 Å². The van der Waals surface area contributed by atoms with Crippen molar-refractivity contribution in [2.45, 2.75) is 57.3 Å². The van der Waals surface area contributed by atoms with E-state index < -0.39 is 6.10 Å². The zero-order valence-electron chi connectivity index (χ0n) is 20.6. The maximum absolute atomic E-state index is 13.3. The quantitative estimate of drug-likeness (QED) is 0.605. The summed E-state index contributed by atoms with van der Waals surface area (Å²) in [5, 5.41) is 14.3. The summed E-state index contributed by atoms with van der Waals surface area (Å²) in [5.41, 5.74) is 2.92. The number of hydrogen-bond donors (Lipinski definition) is 2. The third-order valence-electron chi connectivity index (χ3n) is 7.67. The molecule has 1 aromatic heterocycles. The van der Waals surface area contributed by atoms with Gasteiger partial charge in [0.05, 0.1) is 6.10 Å². The van der Waals surface area contributed by atoms with Gasteiger partial charge in [-0.1, -0.05) is 24.3 Å². The van der Waals surface area contributed by atoms with E-state index in [4.69, 9.17) is 11.6 Å². The van der Waals surface area contributed by atoms with Gasteiger partial charge in [0.2, 0.25) is 11.2 Å². The minimum absolute atomic E-state index is 0.00642. The van der Waals surface area contributed by atoms with Crippen LogP contribution in [0.3, 0.4) is 0 Å². The molecule has 3 aliphatic rings. The Balaban J connectivity index is 1.20. The number of halogens is 1. The van der Waals surface area contributed by atoms with Crippen molar-refractivity contribution in [1.29, 1.82) is 0 Å². The van der Waals surface area contributed by atoms with Gasteiger partial charge in [0, 0.05) is 64.3 Å². The van der Waals surface area contributed by atoms with Crippen LogP contribution in [-0.4, -0.2) is 92.5 Å². The molecular formula is C26H33ClN6O3. The maximum Gasteiger partial charge on any atom is 0.272 e. The maximum atomic E-state index is 13.3. The number of aromatic nitrogens is 2. The average Bonchev–Trinajstić information content (AvgIpc) is 2.88. The highest BCUT2D eigenvalue weighted by Crippen LogP contribution is 2.26. The SMILES string of the molecule is CC(=O)N1CCC(Nc2cc(C(=O)N3CCC(N4CCc5ccccc5C4)[C@@H](O)C3)nc(Cl)n2)CC1. The van der Waals surface area contributed by atoms with E-state index in [9.17, 15) is 14.7 Å². The lowest BCUT2D eigenvalue weighted by Crippen LogP contribution is -2.56. The Bertz CT molecular complexity index is 1120. The number of hydrogen-bond acceptors (Lipinski definition) is 7. The molecule has 36 heavy (non-hydrogen) atoms. The average molecular weight is 513 g/mol. The van der Waals surface area contributed by atoms with Crippen LogP contribution in [0.25, 0.3) is 0 Å². The van der Waals surface area contributed by atoms with Crippen LogP contribution in [-0.2, 0) is 17.8 Å². The number of anilines is 1. The second-order valence-electron chi connectivity index (χ2n) is 10.00. The van der Waals surface area contributed by atoms with Crippen LogP contribution in [0.1, 0.15) is 47.8 Å². The molecule has 2 saturated heterocycles. The van der Waals surface area contributed by atoms with Crippen molar-refractivity contribution < 1.29 is 14.7 Å². The van der Waals surface area contributed by atoms with Crippen LogP contribution >= 0.6 is 11.6 Å². The summed E-state index contributed by atoms with van der Waals surface area (Å²) < 4.78 is 0. The Morgan fingerprint density at radius 1 is 1.03 bits per heavy atom. The third-order valence-corrected chi connectivity index (χ3v) is 7.84. The largest absolute Gasteiger partial charge is 0.390 e. The predicted octanol–water partition coefficient (Wildman–Crippen LogP) is 2.19. The van der Waals surface area contributed by atoms with E-state index in [0.29, 0.717) is 31.9 Å².